The van der Waals surface area contributed by atoms with Gasteiger partial charge in [-0.05, 0) is 49.1 Å². The fraction of sp³-hybridized carbons (Fsp3) is 0.655. The van der Waals surface area contributed by atoms with Gasteiger partial charge in [0.25, 0.3) is 0 Å². The van der Waals surface area contributed by atoms with Crippen LogP contribution < -0.4 is 4.74 Å². The van der Waals surface area contributed by atoms with E-state index in [0.29, 0.717) is 12.2 Å². The minimum Gasteiger partial charge on any atom is -0.491 e. The monoisotopic (exact) mass is 456 g/mol. The van der Waals surface area contributed by atoms with Crippen molar-refractivity contribution < 1.29 is 9.13 Å². The molecule has 0 saturated heterocycles. The van der Waals surface area contributed by atoms with Gasteiger partial charge in [-0.1, -0.05) is 90.9 Å². The molecule has 0 N–H and O–H groups in total. The molecule has 1 heterocycles. The van der Waals surface area contributed by atoms with Gasteiger partial charge in [0.1, 0.15) is 18.5 Å². The molecule has 0 saturated carbocycles. The second-order valence-electron chi connectivity index (χ2n) is 9.28. The molecule has 4 heteroatoms. The summed E-state index contributed by atoms with van der Waals surface area (Å²) in [5.74, 6) is 1.41. The van der Waals surface area contributed by atoms with Crippen molar-refractivity contribution in [1.29, 1.82) is 0 Å². The van der Waals surface area contributed by atoms with E-state index in [2.05, 4.69) is 23.8 Å². The Balaban J connectivity index is 1.62. The Bertz CT molecular complexity index is 717. The molecule has 0 spiro atoms. The van der Waals surface area contributed by atoms with E-state index in [1.807, 2.05) is 36.7 Å². The summed E-state index contributed by atoms with van der Waals surface area (Å²) in [6.45, 7) is 4.51. The maximum Gasteiger partial charge on any atom is 0.159 e. The van der Waals surface area contributed by atoms with Crippen LogP contribution >= 0.6 is 0 Å². The third-order valence-electron chi connectivity index (χ3n) is 6.19. The van der Waals surface area contributed by atoms with Crippen molar-refractivity contribution in [3.05, 3.63) is 42.2 Å². The molecule has 0 fully saturated rings. The van der Waals surface area contributed by atoms with Crippen LogP contribution in [0.1, 0.15) is 109 Å². The van der Waals surface area contributed by atoms with Gasteiger partial charge < -0.3 is 4.74 Å². The smallest absolute Gasteiger partial charge is 0.159 e. The number of unbranched alkanes of at least 4 members (excludes halogenated alkanes) is 11. The van der Waals surface area contributed by atoms with Crippen LogP contribution in [-0.4, -0.2) is 22.7 Å². The van der Waals surface area contributed by atoms with Crippen LogP contribution in [0.5, 0.6) is 5.75 Å². The fourth-order valence-corrected chi connectivity index (χ4v) is 4.04. The lowest BCUT2D eigenvalue weighted by Gasteiger charge is -2.10. The first-order valence-electron chi connectivity index (χ1n) is 13.4. The molecule has 1 atom stereocenters. The summed E-state index contributed by atoms with van der Waals surface area (Å²) in [5.41, 5.74) is 2.16. The number of hydrogen-bond donors (Lipinski definition) is 0. The lowest BCUT2D eigenvalue weighted by molar-refractivity contribution is 0.184. The molecular formula is C29H45FN2O. The highest BCUT2D eigenvalue weighted by molar-refractivity contribution is 5.55. The average molecular weight is 457 g/mol. The minimum atomic E-state index is -0.900. The summed E-state index contributed by atoms with van der Waals surface area (Å²) in [5, 5.41) is 0. The number of nitrogens with zero attached hydrogens (tertiary/aromatic N) is 2. The number of ether oxygens (including phenoxy) is 1. The first-order valence-corrected chi connectivity index (χ1v) is 13.4. The lowest BCUT2D eigenvalue weighted by atomic mass is 10.0. The Morgan fingerprint density at radius 2 is 1.27 bits per heavy atom. The van der Waals surface area contributed by atoms with Crippen molar-refractivity contribution in [2.24, 2.45) is 0 Å². The van der Waals surface area contributed by atoms with Crippen LogP contribution in [0.25, 0.3) is 11.4 Å². The maximum atomic E-state index is 13.9. The topological polar surface area (TPSA) is 35.0 Å². The van der Waals surface area contributed by atoms with Crippen molar-refractivity contribution in [2.75, 3.05) is 6.61 Å². The molecular weight excluding hydrogens is 411 g/mol. The van der Waals surface area contributed by atoms with Gasteiger partial charge in [-0.3, -0.25) is 0 Å². The van der Waals surface area contributed by atoms with Gasteiger partial charge in [-0.25, -0.2) is 14.4 Å². The predicted octanol–water partition coefficient (Wildman–Crippen LogP) is 8.90. The summed E-state index contributed by atoms with van der Waals surface area (Å²) in [4.78, 5) is 9.09. The Kier molecular flexibility index (Phi) is 14.5. The van der Waals surface area contributed by atoms with Crippen molar-refractivity contribution in [3.63, 3.8) is 0 Å². The Morgan fingerprint density at radius 3 is 1.88 bits per heavy atom. The van der Waals surface area contributed by atoms with Gasteiger partial charge in [0, 0.05) is 18.0 Å². The lowest BCUT2D eigenvalue weighted by Crippen LogP contribution is -2.12. The largest absolute Gasteiger partial charge is 0.491 e. The molecule has 1 aromatic carbocycles. The second kappa shape index (κ2) is 17.5. The first kappa shape index (κ1) is 27.3. The number of halogens is 1. The highest BCUT2D eigenvalue weighted by Crippen LogP contribution is 2.20. The standard InChI is InChI=1S/C29H45FN2O/c1-3-5-7-8-9-10-11-12-13-15-16-25-22-31-29(32-23-25)26-18-20-28(21-19-26)33-24-27(30)17-14-6-4-2/h18-23,27H,3-17,24H2,1-2H3/t27-/m0/s1. The van der Waals surface area contributed by atoms with Gasteiger partial charge in [-0.2, -0.15) is 0 Å². The number of alkyl halides is 1. The van der Waals surface area contributed by atoms with Crippen LogP contribution in [0, 0.1) is 0 Å². The summed E-state index contributed by atoms with van der Waals surface area (Å²) >= 11 is 0. The number of aryl methyl sites for hydroxylation is 1. The molecule has 0 aliphatic carbocycles. The van der Waals surface area contributed by atoms with E-state index in [0.717, 1.165) is 37.1 Å². The Morgan fingerprint density at radius 1 is 0.727 bits per heavy atom. The molecule has 0 bridgehead atoms. The van der Waals surface area contributed by atoms with Crippen molar-refractivity contribution in [2.45, 2.75) is 116 Å². The van der Waals surface area contributed by atoms with E-state index in [4.69, 9.17) is 4.74 Å². The Labute approximate surface area is 201 Å². The molecule has 3 nitrogen and oxygen atoms in total. The predicted molar refractivity (Wildman–Crippen MR) is 138 cm³/mol. The van der Waals surface area contributed by atoms with E-state index >= 15 is 0 Å². The van der Waals surface area contributed by atoms with Crippen LogP contribution in [0.3, 0.4) is 0 Å². The van der Waals surface area contributed by atoms with Gasteiger partial charge >= 0.3 is 0 Å². The highest BCUT2D eigenvalue weighted by atomic mass is 19.1. The summed E-state index contributed by atoms with van der Waals surface area (Å²) in [6.07, 6.45) is 21.2. The van der Waals surface area contributed by atoms with E-state index in [1.54, 1.807) is 0 Å². The molecule has 0 aliphatic heterocycles. The van der Waals surface area contributed by atoms with E-state index in [-0.39, 0.29) is 6.61 Å². The van der Waals surface area contributed by atoms with E-state index in [9.17, 15) is 4.39 Å². The first-order chi connectivity index (χ1) is 16.2. The second-order valence-corrected chi connectivity index (χ2v) is 9.28. The third kappa shape index (κ3) is 12.2. The van der Waals surface area contributed by atoms with Crippen LogP contribution in [0.15, 0.2) is 36.7 Å². The van der Waals surface area contributed by atoms with Crippen molar-refractivity contribution in [3.8, 4) is 17.1 Å². The normalized spacial score (nSPS) is 12.1. The average Bonchev–Trinajstić information content (AvgIpc) is 2.85. The van der Waals surface area contributed by atoms with Gasteiger partial charge in [0.05, 0.1) is 0 Å². The molecule has 2 aromatic rings. The number of hydrogen-bond acceptors (Lipinski definition) is 3. The molecule has 1 aromatic heterocycles. The zero-order chi connectivity index (χ0) is 23.6. The summed E-state index contributed by atoms with van der Waals surface area (Å²) in [6, 6.07) is 7.62. The van der Waals surface area contributed by atoms with E-state index < -0.39 is 6.17 Å². The van der Waals surface area contributed by atoms with Crippen molar-refractivity contribution >= 4 is 0 Å². The Hall–Kier alpha value is -1.97. The fourth-order valence-electron chi connectivity index (χ4n) is 4.04. The van der Waals surface area contributed by atoms with E-state index in [1.165, 1.54) is 69.8 Å². The molecule has 0 amide bonds. The molecule has 0 unspecified atom stereocenters. The SMILES string of the molecule is CCCCCCCCCCCCc1cnc(-c2ccc(OC[C@@H](F)CCCCC)cc2)nc1. The zero-order valence-corrected chi connectivity index (χ0v) is 21.0. The number of rotatable bonds is 19. The van der Waals surface area contributed by atoms with Gasteiger partial charge in [0.2, 0.25) is 0 Å². The zero-order valence-electron chi connectivity index (χ0n) is 21.0. The number of benzene rings is 1. The number of aromatic nitrogens is 2. The molecule has 184 valence electrons. The third-order valence-corrected chi connectivity index (χ3v) is 6.19. The van der Waals surface area contributed by atoms with Crippen LogP contribution in [0.2, 0.25) is 0 Å². The highest BCUT2D eigenvalue weighted by Gasteiger charge is 2.08. The quantitative estimate of drug-likeness (QED) is 0.198. The van der Waals surface area contributed by atoms with Gasteiger partial charge in [-0.15, -0.1) is 0 Å². The summed E-state index contributed by atoms with van der Waals surface area (Å²) < 4.78 is 19.5. The maximum absolute atomic E-state index is 13.9. The summed E-state index contributed by atoms with van der Waals surface area (Å²) in [7, 11) is 0. The van der Waals surface area contributed by atoms with Gasteiger partial charge in [0.15, 0.2) is 5.82 Å². The molecule has 33 heavy (non-hydrogen) atoms. The molecule has 2 rings (SSSR count). The van der Waals surface area contributed by atoms with Crippen LogP contribution in [-0.2, 0) is 6.42 Å². The minimum absolute atomic E-state index is 0.118. The van der Waals surface area contributed by atoms with Crippen LogP contribution in [0.4, 0.5) is 4.39 Å². The molecule has 0 aliphatic rings. The van der Waals surface area contributed by atoms with Crippen molar-refractivity contribution in [1.82, 2.24) is 9.97 Å². The molecule has 0 radical (unpaired) electrons.